The molecule has 10 nitrogen and oxygen atoms in total. The summed E-state index contributed by atoms with van der Waals surface area (Å²) in [5.41, 5.74) is -0.165. The molecule has 2 aromatic carbocycles. The van der Waals surface area contributed by atoms with E-state index in [0.29, 0.717) is 17.7 Å². The lowest BCUT2D eigenvalue weighted by atomic mass is 9.99. The zero-order valence-electron chi connectivity index (χ0n) is 21.6. The second kappa shape index (κ2) is 10.8. The van der Waals surface area contributed by atoms with Gasteiger partial charge in [-0.2, -0.15) is 0 Å². The lowest BCUT2D eigenvalue weighted by molar-refractivity contribution is -0.384. The van der Waals surface area contributed by atoms with E-state index in [0.717, 1.165) is 0 Å². The molecule has 0 unspecified atom stereocenters. The van der Waals surface area contributed by atoms with Crippen LogP contribution in [0.5, 0.6) is 5.75 Å². The molecule has 196 valence electrons. The molecule has 0 aliphatic heterocycles. The first-order valence-electron chi connectivity index (χ1n) is 11.8. The molecule has 0 fully saturated rings. The van der Waals surface area contributed by atoms with Crippen molar-refractivity contribution in [3.05, 3.63) is 68.6 Å². The number of ether oxygens (including phenoxy) is 2. The number of non-ortho nitro benzene ring substituents is 1. The number of carbonyl (C=O) groups is 2. The second-order valence-corrected chi connectivity index (χ2v) is 9.75. The van der Waals surface area contributed by atoms with E-state index in [-0.39, 0.29) is 39.3 Å². The lowest BCUT2D eigenvalue weighted by Gasteiger charge is -2.25. The van der Waals surface area contributed by atoms with Crippen molar-refractivity contribution in [2.24, 2.45) is 5.92 Å². The number of rotatable bonds is 7. The molecule has 0 radical (unpaired) electrons. The molecule has 1 heterocycles. The maximum absolute atomic E-state index is 13.2. The Morgan fingerprint density at radius 2 is 1.78 bits per heavy atom. The predicted octanol–water partition coefficient (Wildman–Crippen LogP) is 5.52. The molecule has 0 saturated heterocycles. The van der Waals surface area contributed by atoms with Crippen LogP contribution >= 0.6 is 0 Å². The van der Waals surface area contributed by atoms with E-state index in [1.807, 2.05) is 13.8 Å². The summed E-state index contributed by atoms with van der Waals surface area (Å²) in [5, 5.41) is 13.8. The maximum Gasteiger partial charge on any atom is 0.408 e. The Hall–Kier alpha value is -4.21. The largest absolute Gasteiger partial charge is 0.460 e. The molecular formula is C27H30N2O8. The van der Waals surface area contributed by atoms with Crippen LogP contribution in [0.15, 0.2) is 51.7 Å². The molecule has 0 bridgehead atoms. The van der Waals surface area contributed by atoms with Crippen molar-refractivity contribution in [1.82, 2.24) is 5.32 Å². The van der Waals surface area contributed by atoms with Gasteiger partial charge in [0.05, 0.1) is 15.9 Å². The summed E-state index contributed by atoms with van der Waals surface area (Å²) in [6, 6.07) is 9.06. The van der Waals surface area contributed by atoms with Crippen molar-refractivity contribution >= 4 is 28.7 Å². The quantitative estimate of drug-likeness (QED) is 0.190. The van der Waals surface area contributed by atoms with Gasteiger partial charge in [-0.1, -0.05) is 20.3 Å². The Morgan fingerprint density at radius 3 is 2.35 bits per heavy atom. The van der Waals surface area contributed by atoms with Crippen molar-refractivity contribution in [2.45, 2.75) is 59.6 Å². The first-order chi connectivity index (χ1) is 17.3. The third kappa shape index (κ3) is 6.52. The van der Waals surface area contributed by atoms with E-state index in [2.05, 4.69) is 5.32 Å². The molecule has 0 aliphatic carbocycles. The number of nitrogens with one attached hydrogen (secondary N) is 1. The average molecular weight is 511 g/mol. The van der Waals surface area contributed by atoms with E-state index in [1.54, 1.807) is 27.7 Å². The second-order valence-electron chi connectivity index (χ2n) is 9.75. The lowest BCUT2D eigenvalue weighted by Crippen LogP contribution is -2.48. The highest BCUT2D eigenvalue weighted by atomic mass is 16.6. The predicted molar refractivity (Wildman–Crippen MR) is 138 cm³/mol. The van der Waals surface area contributed by atoms with Crippen molar-refractivity contribution in [3.63, 3.8) is 0 Å². The summed E-state index contributed by atoms with van der Waals surface area (Å²) < 4.78 is 16.7. The molecule has 1 N–H and O–H groups in total. The number of esters is 1. The number of fused-ring (bicyclic) bond motifs is 1. The number of nitro benzene ring substituents is 1. The number of carbonyl (C=O) groups excluding carboxylic acids is 2. The highest BCUT2D eigenvalue weighted by molar-refractivity contribution is 5.86. The summed E-state index contributed by atoms with van der Waals surface area (Å²) in [7, 11) is 0. The van der Waals surface area contributed by atoms with Gasteiger partial charge in [0.2, 0.25) is 5.43 Å². The monoisotopic (exact) mass is 510 g/mol. The third-order valence-corrected chi connectivity index (χ3v) is 5.76. The molecule has 0 aliphatic rings. The first kappa shape index (κ1) is 27.4. The molecule has 37 heavy (non-hydrogen) atoms. The Morgan fingerprint density at radius 1 is 1.14 bits per heavy atom. The van der Waals surface area contributed by atoms with E-state index < -0.39 is 28.6 Å². The van der Waals surface area contributed by atoms with Gasteiger partial charge in [0.1, 0.15) is 28.7 Å². The highest BCUT2D eigenvalue weighted by Crippen LogP contribution is 2.28. The minimum absolute atomic E-state index is 0.0881. The smallest absolute Gasteiger partial charge is 0.408 e. The van der Waals surface area contributed by atoms with Crippen molar-refractivity contribution in [3.8, 4) is 16.9 Å². The molecule has 10 heteroatoms. The first-order valence-corrected chi connectivity index (χ1v) is 11.8. The van der Waals surface area contributed by atoms with Crippen molar-refractivity contribution in [1.29, 1.82) is 0 Å². The Bertz CT molecular complexity index is 1390. The number of amides is 1. The fourth-order valence-electron chi connectivity index (χ4n) is 3.72. The van der Waals surface area contributed by atoms with Crippen LogP contribution in [0.4, 0.5) is 10.5 Å². The molecule has 1 aromatic heterocycles. The Kier molecular flexibility index (Phi) is 8.00. The van der Waals surface area contributed by atoms with Crippen molar-refractivity contribution in [2.75, 3.05) is 0 Å². The van der Waals surface area contributed by atoms with Gasteiger partial charge in [-0.05, 0) is 63.4 Å². The highest BCUT2D eigenvalue weighted by Gasteiger charge is 2.30. The number of hydrogen-bond acceptors (Lipinski definition) is 8. The van der Waals surface area contributed by atoms with Gasteiger partial charge < -0.3 is 19.2 Å². The van der Waals surface area contributed by atoms with E-state index >= 15 is 0 Å². The fourth-order valence-corrected chi connectivity index (χ4v) is 3.72. The number of hydrogen-bond donors (Lipinski definition) is 1. The van der Waals surface area contributed by atoms with Crippen LogP contribution in [0.2, 0.25) is 0 Å². The number of benzene rings is 2. The molecule has 0 saturated carbocycles. The van der Waals surface area contributed by atoms with Crippen LogP contribution < -0.4 is 15.5 Å². The average Bonchev–Trinajstić information content (AvgIpc) is 2.81. The molecule has 3 rings (SSSR count). The minimum Gasteiger partial charge on any atom is -0.460 e. The molecule has 1 amide bonds. The van der Waals surface area contributed by atoms with Gasteiger partial charge in [0, 0.05) is 18.2 Å². The van der Waals surface area contributed by atoms with Crippen LogP contribution in [0.3, 0.4) is 0 Å². The van der Waals surface area contributed by atoms with Gasteiger partial charge in [-0.3, -0.25) is 14.9 Å². The summed E-state index contributed by atoms with van der Waals surface area (Å²) in [6.07, 6.45) is -0.124. The van der Waals surface area contributed by atoms with Crippen LogP contribution in [-0.2, 0) is 9.53 Å². The number of nitro groups is 1. The standard InChI is InChI=1S/C27H30N2O8/c1-7-15(2)23(28-26(32)37-27(4,5)6)25(31)36-19-12-13-20-21(14-19)35-16(3)22(24(20)30)17-8-10-18(11-9-17)29(33)34/h8-15,23H,7H2,1-6H3,(H,28,32)/t15-,23+/m0/s1. The van der Waals surface area contributed by atoms with E-state index in [9.17, 15) is 24.5 Å². The van der Waals surface area contributed by atoms with Gasteiger partial charge in [-0.15, -0.1) is 0 Å². The van der Waals surface area contributed by atoms with Crippen LogP contribution in [0.25, 0.3) is 22.1 Å². The zero-order chi connectivity index (χ0) is 27.5. The summed E-state index contributed by atoms with van der Waals surface area (Å²) in [6.45, 7) is 10.5. The van der Waals surface area contributed by atoms with Crippen LogP contribution in [0.1, 0.15) is 46.8 Å². The molecule has 0 spiro atoms. The fraction of sp³-hybridized carbons (Fsp3) is 0.370. The number of nitrogens with zero attached hydrogens (tertiary/aromatic N) is 1. The minimum atomic E-state index is -0.950. The summed E-state index contributed by atoms with van der Waals surface area (Å²) in [5.74, 6) is -0.465. The summed E-state index contributed by atoms with van der Waals surface area (Å²) in [4.78, 5) is 48.9. The van der Waals surface area contributed by atoms with Gasteiger partial charge in [0.15, 0.2) is 0 Å². The Labute approximate surface area is 213 Å². The molecule has 3 aromatic rings. The summed E-state index contributed by atoms with van der Waals surface area (Å²) >= 11 is 0. The van der Waals surface area contributed by atoms with Crippen molar-refractivity contribution < 1.29 is 28.4 Å². The Balaban J connectivity index is 1.89. The van der Waals surface area contributed by atoms with E-state index in [4.69, 9.17) is 13.9 Å². The van der Waals surface area contributed by atoms with E-state index in [1.165, 1.54) is 42.5 Å². The molecule has 2 atom stereocenters. The normalized spacial score (nSPS) is 13.0. The topological polar surface area (TPSA) is 138 Å². The van der Waals surface area contributed by atoms with Crippen LogP contribution in [0, 0.1) is 23.0 Å². The molecular weight excluding hydrogens is 480 g/mol. The third-order valence-electron chi connectivity index (χ3n) is 5.76. The maximum atomic E-state index is 13.2. The number of alkyl carbamates (subject to hydrolysis) is 1. The van der Waals surface area contributed by atoms with Crippen LogP contribution in [-0.4, -0.2) is 28.6 Å². The van der Waals surface area contributed by atoms with Gasteiger partial charge >= 0.3 is 12.1 Å². The van der Waals surface area contributed by atoms with Gasteiger partial charge in [0.25, 0.3) is 5.69 Å². The zero-order valence-corrected chi connectivity index (χ0v) is 21.6. The number of aryl methyl sites for hydroxylation is 1. The van der Waals surface area contributed by atoms with Gasteiger partial charge in [-0.25, -0.2) is 9.59 Å². The SMILES string of the molecule is CC[C@H](C)[C@@H](NC(=O)OC(C)(C)C)C(=O)Oc1ccc2c(=O)c(-c3ccc([N+](=O)[O-])cc3)c(C)oc2c1.